The van der Waals surface area contributed by atoms with Crippen LogP contribution >= 0.6 is 0 Å². The van der Waals surface area contributed by atoms with Gasteiger partial charge in [0, 0.05) is 16.3 Å². The molecular formula is C31H26O8. The molecule has 0 radical (unpaired) electrons. The van der Waals surface area contributed by atoms with Crippen molar-refractivity contribution in [2.24, 2.45) is 11.8 Å². The van der Waals surface area contributed by atoms with Gasteiger partial charge in [-0.3, -0.25) is 14.4 Å². The summed E-state index contributed by atoms with van der Waals surface area (Å²) in [4.78, 5) is 50.4. The number of carbonyl (C=O) groups excluding carboxylic acids is 2. The first-order valence-electron chi connectivity index (χ1n) is 12.2. The fourth-order valence-electron chi connectivity index (χ4n) is 4.57. The van der Waals surface area contributed by atoms with Crippen LogP contribution in [0.5, 0.6) is 11.5 Å². The van der Waals surface area contributed by atoms with Gasteiger partial charge in [-0.1, -0.05) is 72.8 Å². The van der Waals surface area contributed by atoms with Gasteiger partial charge in [0.1, 0.15) is 11.5 Å². The minimum atomic E-state index is -1.55. The SMILES string of the molecule is CC(C(=O)Oc1cccc2ccccc12)C(=C(CC(=O)O)C(=O)O)C(C)C(=O)Oc1cccc2ccccc12. The van der Waals surface area contributed by atoms with Crippen LogP contribution in [0.4, 0.5) is 0 Å². The molecule has 198 valence electrons. The van der Waals surface area contributed by atoms with E-state index in [9.17, 15) is 29.4 Å². The van der Waals surface area contributed by atoms with Crippen LogP contribution in [0, 0.1) is 11.8 Å². The Morgan fingerprint density at radius 1 is 0.641 bits per heavy atom. The van der Waals surface area contributed by atoms with Crippen LogP contribution in [0.25, 0.3) is 21.5 Å². The molecule has 0 saturated heterocycles. The van der Waals surface area contributed by atoms with Gasteiger partial charge < -0.3 is 19.7 Å². The third-order valence-electron chi connectivity index (χ3n) is 6.50. The van der Waals surface area contributed by atoms with Crippen molar-refractivity contribution >= 4 is 45.4 Å². The van der Waals surface area contributed by atoms with Gasteiger partial charge in [-0.2, -0.15) is 0 Å². The third-order valence-corrected chi connectivity index (χ3v) is 6.50. The highest BCUT2D eigenvalue weighted by molar-refractivity contribution is 5.98. The average molecular weight is 527 g/mol. The van der Waals surface area contributed by atoms with Gasteiger partial charge in [-0.05, 0) is 42.3 Å². The topological polar surface area (TPSA) is 127 Å². The fourth-order valence-corrected chi connectivity index (χ4v) is 4.57. The number of hydrogen-bond acceptors (Lipinski definition) is 6. The van der Waals surface area contributed by atoms with Crippen LogP contribution in [0.15, 0.2) is 96.1 Å². The Morgan fingerprint density at radius 3 is 1.46 bits per heavy atom. The number of fused-ring (bicyclic) bond motifs is 2. The number of carboxylic acids is 2. The zero-order valence-corrected chi connectivity index (χ0v) is 21.3. The summed E-state index contributed by atoms with van der Waals surface area (Å²) in [5.41, 5.74) is -0.771. The molecule has 0 spiro atoms. The van der Waals surface area contributed by atoms with Crippen molar-refractivity contribution in [2.45, 2.75) is 20.3 Å². The van der Waals surface area contributed by atoms with Crippen LogP contribution in [-0.4, -0.2) is 34.1 Å². The molecule has 8 heteroatoms. The molecule has 2 N–H and O–H groups in total. The molecule has 0 aliphatic carbocycles. The van der Waals surface area contributed by atoms with Crippen molar-refractivity contribution < 1.29 is 38.9 Å². The highest BCUT2D eigenvalue weighted by Gasteiger charge is 2.35. The Kier molecular flexibility index (Phi) is 8.05. The van der Waals surface area contributed by atoms with Crippen molar-refractivity contribution in [2.75, 3.05) is 0 Å². The lowest BCUT2D eigenvalue weighted by molar-refractivity contribution is -0.141. The second kappa shape index (κ2) is 11.6. The van der Waals surface area contributed by atoms with E-state index in [1.807, 2.05) is 36.4 Å². The first-order valence-corrected chi connectivity index (χ1v) is 12.2. The maximum Gasteiger partial charge on any atom is 0.332 e. The molecule has 0 aliphatic rings. The predicted octanol–water partition coefficient (Wildman–Crippen LogP) is 5.63. The van der Waals surface area contributed by atoms with E-state index >= 15 is 0 Å². The van der Waals surface area contributed by atoms with Crippen molar-refractivity contribution in [3.63, 3.8) is 0 Å². The molecule has 2 unspecified atom stereocenters. The van der Waals surface area contributed by atoms with Crippen LogP contribution < -0.4 is 9.47 Å². The Balaban J connectivity index is 1.70. The maximum atomic E-state index is 13.3. The van der Waals surface area contributed by atoms with Crippen LogP contribution in [-0.2, 0) is 19.2 Å². The first kappa shape index (κ1) is 27.1. The van der Waals surface area contributed by atoms with E-state index in [0.717, 1.165) is 10.8 Å². The summed E-state index contributed by atoms with van der Waals surface area (Å²) < 4.78 is 11.3. The number of ether oxygens (including phenoxy) is 2. The summed E-state index contributed by atoms with van der Waals surface area (Å²) >= 11 is 0. The van der Waals surface area contributed by atoms with E-state index in [-0.39, 0.29) is 17.1 Å². The van der Waals surface area contributed by atoms with E-state index in [0.29, 0.717) is 10.8 Å². The minimum Gasteiger partial charge on any atom is -0.481 e. The Hall–Kier alpha value is -4.98. The molecule has 0 heterocycles. The quantitative estimate of drug-likeness (QED) is 0.163. The summed E-state index contributed by atoms with van der Waals surface area (Å²) in [7, 11) is 0. The largest absolute Gasteiger partial charge is 0.481 e. The molecule has 8 nitrogen and oxygen atoms in total. The Labute approximate surface area is 224 Å². The monoisotopic (exact) mass is 526 g/mol. The van der Waals surface area contributed by atoms with Gasteiger partial charge in [0.25, 0.3) is 0 Å². The van der Waals surface area contributed by atoms with E-state index in [4.69, 9.17) is 9.47 Å². The Bertz CT molecular complexity index is 1510. The van der Waals surface area contributed by atoms with Gasteiger partial charge in [0.05, 0.1) is 18.3 Å². The third kappa shape index (κ3) is 5.96. The summed E-state index contributed by atoms with van der Waals surface area (Å²) in [6, 6.07) is 24.8. The van der Waals surface area contributed by atoms with Crippen molar-refractivity contribution in [1.29, 1.82) is 0 Å². The molecule has 0 fully saturated rings. The molecular weight excluding hydrogens is 500 g/mol. The summed E-state index contributed by atoms with van der Waals surface area (Å²) in [6.45, 7) is 2.77. The van der Waals surface area contributed by atoms with Gasteiger partial charge in [0.2, 0.25) is 0 Å². The molecule has 0 bridgehead atoms. The van der Waals surface area contributed by atoms with Gasteiger partial charge in [-0.25, -0.2) is 4.79 Å². The van der Waals surface area contributed by atoms with Gasteiger partial charge >= 0.3 is 23.9 Å². The average Bonchev–Trinajstić information content (AvgIpc) is 2.92. The zero-order valence-electron chi connectivity index (χ0n) is 21.3. The maximum absolute atomic E-state index is 13.3. The number of carbonyl (C=O) groups is 4. The van der Waals surface area contributed by atoms with Crippen molar-refractivity contribution in [3.8, 4) is 11.5 Å². The van der Waals surface area contributed by atoms with Crippen LogP contribution in [0.2, 0.25) is 0 Å². The van der Waals surface area contributed by atoms with E-state index in [1.165, 1.54) is 13.8 Å². The molecule has 4 aromatic carbocycles. The molecule has 39 heavy (non-hydrogen) atoms. The number of carboxylic acid groups (broad SMARTS) is 2. The normalized spacial score (nSPS) is 12.4. The van der Waals surface area contributed by atoms with E-state index in [2.05, 4.69) is 0 Å². The highest BCUT2D eigenvalue weighted by atomic mass is 16.5. The fraction of sp³-hybridized carbons (Fsp3) is 0.161. The van der Waals surface area contributed by atoms with Gasteiger partial charge in [-0.15, -0.1) is 0 Å². The van der Waals surface area contributed by atoms with Crippen LogP contribution in [0.3, 0.4) is 0 Å². The molecule has 2 atom stereocenters. The zero-order chi connectivity index (χ0) is 28.1. The van der Waals surface area contributed by atoms with Crippen molar-refractivity contribution in [3.05, 3.63) is 96.1 Å². The minimum absolute atomic E-state index is 0.194. The number of rotatable bonds is 9. The van der Waals surface area contributed by atoms with E-state index in [1.54, 1.807) is 48.5 Å². The number of aliphatic carboxylic acids is 2. The number of benzene rings is 4. The second-order valence-corrected chi connectivity index (χ2v) is 9.05. The van der Waals surface area contributed by atoms with Gasteiger partial charge in [0.15, 0.2) is 0 Å². The summed E-state index contributed by atoms with van der Waals surface area (Å²) in [6.07, 6.45) is -0.900. The molecule has 0 aromatic heterocycles. The first-order chi connectivity index (χ1) is 18.7. The summed E-state index contributed by atoms with van der Waals surface area (Å²) in [5, 5.41) is 22.3. The molecule has 0 saturated carbocycles. The second-order valence-electron chi connectivity index (χ2n) is 9.05. The lowest BCUT2D eigenvalue weighted by atomic mass is 9.84. The predicted molar refractivity (Wildman–Crippen MR) is 144 cm³/mol. The Morgan fingerprint density at radius 2 is 1.05 bits per heavy atom. The van der Waals surface area contributed by atoms with Crippen LogP contribution in [0.1, 0.15) is 20.3 Å². The number of hydrogen-bond donors (Lipinski definition) is 2. The highest BCUT2D eigenvalue weighted by Crippen LogP contribution is 2.33. The molecule has 0 amide bonds. The molecule has 4 rings (SSSR count). The molecule has 4 aromatic rings. The molecule has 0 aliphatic heterocycles. The lowest BCUT2D eigenvalue weighted by Gasteiger charge is -2.23. The lowest BCUT2D eigenvalue weighted by Crippen LogP contribution is -2.31. The van der Waals surface area contributed by atoms with E-state index < -0.39 is 47.7 Å². The van der Waals surface area contributed by atoms with Crippen molar-refractivity contribution in [1.82, 2.24) is 0 Å². The smallest absolute Gasteiger partial charge is 0.332 e. The summed E-state index contributed by atoms with van der Waals surface area (Å²) in [5.74, 6) is -6.69. The number of esters is 2. The standard InChI is InChI=1S/C31H26O8/c1-18(30(36)38-25-15-7-11-20-9-3-5-13-22(20)25)28(24(29(34)35)17-27(32)33)19(2)31(37)39-26-16-8-12-21-10-4-6-14-23(21)26/h3-16,18-19H,17H2,1-2H3,(H,32,33)(H,34,35).